The lowest BCUT2D eigenvalue weighted by atomic mass is 9.92. The summed E-state index contributed by atoms with van der Waals surface area (Å²) >= 11 is 0. The molecular weight excluding hydrogens is 267 g/mol. The first-order valence-electron chi connectivity index (χ1n) is 7.65. The van der Waals surface area contributed by atoms with Crippen LogP contribution in [0.5, 0.6) is 0 Å². The number of piperidine rings is 1. The molecule has 4 heteroatoms. The van der Waals surface area contributed by atoms with Crippen LogP contribution < -0.4 is 0 Å². The van der Waals surface area contributed by atoms with E-state index in [4.69, 9.17) is 0 Å². The Hall–Kier alpha value is -1.42. The van der Waals surface area contributed by atoms with Crippen LogP contribution in [0.2, 0.25) is 0 Å². The first-order chi connectivity index (χ1) is 9.94. The van der Waals surface area contributed by atoms with E-state index < -0.39 is 0 Å². The second kappa shape index (κ2) is 7.03. The molecule has 21 heavy (non-hydrogen) atoms. The molecule has 1 aromatic rings. The zero-order chi connectivity index (χ0) is 15.4. The average molecular weight is 292 g/mol. The minimum absolute atomic E-state index is 0.126. The van der Waals surface area contributed by atoms with Gasteiger partial charge >= 0.3 is 0 Å². The van der Waals surface area contributed by atoms with Gasteiger partial charge in [0.15, 0.2) is 0 Å². The average Bonchev–Trinajstić information content (AvgIpc) is 2.40. The highest BCUT2D eigenvalue weighted by molar-refractivity contribution is 5.78. The molecule has 0 saturated carbocycles. The maximum absolute atomic E-state index is 12.9. The van der Waals surface area contributed by atoms with Crippen molar-refractivity contribution in [3.05, 3.63) is 35.6 Å². The Labute approximate surface area is 126 Å². The van der Waals surface area contributed by atoms with Gasteiger partial charge in [-0.1, -0.05) is 26.0 Å². The predicted molar refractivity (Wildman–Crippen MR) is 82.3 cm³/mol. The Bertz CT molecular complexity index is 464. The molecule has 1 aliphatic heterocycles. The molecule has 0 N–H and O–H groups in total. The lowest BCUT2D eigenvalue weighted by Gasteiger charge is -2.35. The molecule has 0 bridgehead atoms. The summed E-state index contributed by atoms with van der Waals surface area (Å²) in [5, 5.41) is 0. The third-order valence-corrected chi connectivity index (χ3v) is 4.06. The zero-order valence-corrected chi connectivity index (χ0v) is 13.2. The van der Waals surface area contributed by atoms with Crippen molar-refractivity contribution in [3.63, 3.8) is 0 Å². The monoisotopic (exact) mass is 292 g/mol. The van der Waals surface area contributed by atoms with E-state index in [2.05, 4.69) is 18.7 Å². The van der Waals surface area contributed by atoms with Gasteiger partial charge in [-0.15, -0.1) is 0 Å². The number of nitrogens with zero attached hydrogens (tertiary/aromatic N) is 2. The number of hydrogen-bond donors (Lipinski definition) is 0. The number of hydrogen-bond acceptors (Lipinski definition) is 2. The van der Waals surface area contributed by atoms with E-state index in [1.165, 1.54) is 18.6 Å². The number of halogens is 1. The molecule has 1 saturated heterocycles. The van der Waals surface area contributed by atoms with Gasteiger partial charge in [0.25, 0.3) is 0 Å². The number of likely N-dealkylation sites (N-methyl/N-ethyl adjacent to an activating group) is 1. The maximum atomic E-state index is 12.9. The van der Waals surface area contributed by atoms with Gasteiger partial charge in [0.05, 0.1) is 6.54 Å². The second-order valence-electron chi connectivity index (χ2n) is 6.52. The summed E-state index contributed by atoms with van der Waals surface area (Å²) in [5.74, 6) is 1.19. The highest BCUT2D eigenvalue weighted by Gasteiger charge is 2.24. The predicted octanol–water partition coefficient (Wildman–Crippen LogP) is 2.76. The van der Waals surface area contributed by atoms with E-state index >= 15 is 0 Å². The molecule has 1 aromatic carbocycles. The Morgan fingerprint density at radius 2 is 1.81 bits per heavy atom. The molecule has 1 fully saturated rings. The number of benzene rings is 1. The van der Waals surface area contributed by atoms with Crippen molar-refractivity contribution in [1.82, 2.24) is 9.80 Å². The molecule has 3 nitrogen and oxygen atoms in total. The van der Waals surface area contributed by atoms with Crippen LogP contribution >= 0.6 is 0 Å². The number of carbonyl (C=O) groups is 1. The summed E-state index contributed by atoms with van der Waals surface area (Å²) in [6.07, 6.45) is 1.25. The maximum Gasteiger partial charge on any atom is 0.236 e. The van der Waals surface area contributed by atoms with Crippen molar-refractivity contribution in [2.45, 2.75) is 26.8 Å². The van der Waals surface area contributed by atoms with Crippen molar-refractivity contribution in [3.8, 4) is 0 Å². The number of carbonyl (C=O) groups excluding carboxylic acids is 1. The molecule has 116 valence electrons. The summed E-state index contributed by atoms with van der Waals surface area (Å²) in [6, 6.07) is 6.32. The Morgan fingerprint density at radius 1 is 1.24 bits per heavy atom. The minimum atomic E-state index is -0.246. The zero-order valence-electron chi connectivity index (χ0n) is 13.2. The molecule has 0 radical (unpaired) electrons. The van der Waals surface area contributed by atoms with Crippen molar-refractivity contribution < 1.29 is 9.18 Å². The fourth-order valence-corrected chi connectivity index (χ4v) is 3.18. The van der Waals surface area contributed by atoms with E-state index in [0.717, 1.165) is 18.7 Å². The van der Waals surface area contributed by atoms with Gasteiger partial charge in [-0.05, 0) is 36.0 Å². The molecule has 2 rings (SSSR count). The van der Waals surface area contributed by atoms with Crippen molar-refractivity contribution in [2.75, 3.05) is 26.7 Å². The van der Waals surface area contributed by atoms with Crippen LogP contribution in [-0.2, 0) is 11.3 Å². The Morgan fingerprint density at radius 3 is 2.38 bits per heavy atom. The van der Waals surface area contributed by atoms with Gasteiger partial charge in [0, 0.05) is 26.7 Å². The molecular formula is C17H25FN2O. The summed E-state index contributed by atoms with van der Waals surface area (Å²) in [6.45, 7) is 7.50. The molecule has 2 unspecified atom stereocenters. The van der Waals surface area contributed by atoms with E-state index in [9.17, 15) is 9.18 Å². The molecule has 1 heterocycles. The van der Waals surface area contributed by atoms with E-state index in [0.29, 0.717) is 24.9 Å². The first-order valence-corrected chi connectivity index (χ1v) is 7.65. The highest BCUT2D eigenvalue weighted by Crippen LogP contribution is 2.20. The highest BCUT2D eigenvalue weighted by atomic mass is 19.1. The lowest BCUT2D eigenvalue weighted by Crippen LogP contribution is -2.44. The second-order valence-corrected chi connectivity index (χ2v) is 6.52. The van der Waals surface area contributed by atoms with Gasteiger partial charge in [0.1, 0.15) is 5.82 Å². The Balaban J connectivity index is 1.86. The van der Waals surface area contributed by atoms with Crippen LogP contribution in [0.3, 0.4) is 0 Å². The van der Waals surface area contributed by atoms with Gasteiger partial charge < -0.3 is 4.90 Å². The summed E-state index contributed by atoms with van der Waals surface area (Å²) in [7, 11) is 1.81. The normalized spacial score (nSPS) is 23.0. The van der Waals surface area contributed by atoms with E-state index in [1.54, 1.807) is 17.0 Å². The quantitative estimate of drug-likeness (QED) is 0.852. The van der Waals surface area contributed by atoms with Crippen molar-refractivity contribution >= 4 is 5.91 Å². The van der Waals surface area contributed by atoms with E-state index in [-0.39, 0.29) is 11.7 Å². The van der Waals surface area contributed by atoms with Gasteiger partial charge in [-0.3, -0.25) is 9.69 Å². The molecule has 0 spiro atoms. The van der Waals surface area contributed by atoms with Gasteiger partial charge in [-0.25, -0.2) is 4.39 Å². The van der Waals surface area contributed by atoms with Gasteiger partial charge in [0.2, 0.25) is 5.91 Å². The molecule has 0 aromatic heterocycles. The fourth-order valence-electron chi connectivity index (χ4n) is 3.18. The Kier molecular flexibility index (Phi) is 5.34. The summed E-state index contributed by atoms with van der Waals surface area (Å²) < 4.78 is 12.9. The SMILES string of the molecule is CC1CC(C)CN(CC(=O)N(C)Cc2ccc(F)cc2)C1. The standard InChI is InChI=1S/C17H25FN2O/c1-13-8-14(2)10-20(9-13)12-17(21)19(3)11-15-4-6-16(18)7-5-15/h4-7,13-14H,8-12H2,1-3H3. The van der Waals surface area contributed by atoms with Crippen LogP contribution in [0.25, 0.3) is 0 Å². The molecule has 1 aliphatic rings. The number of likely N-dealkylation sites (tertiary alicyclic amines) is 1. The molecule has 0 aliphatic carbocycles. The van der Waals surface area contributed by atoms with Crippen LogP contribution in [0.15, 0.2) is 24.3 Å². The van der Waals surface area contributed by atoms with Crippen LogP contribution in [0.4, 0.5) is 4.39 Å². The third kappa shape index (κ3) is 4.81. The number of amides is 1. The third-order valence-electron chi connectivity index (χ3n) is 4.06. The van der Waals surface area contributed by atoms with Crippen molar-refractivity contribution in [2.24, 2.45) is 11.8 Å². The van der Waals surface area contributed by atoms with Gasteiger partial charge in [-0.2, -0.15) is 0 Å². The van der Waals surface area contributed by atoms with Crippen LogP contribution in [0, 0.1) is 17.7 Å². The van der Waals surface area contributed by atoms with E-state index in [1.807, 2.05) is 7.05 Å². The smallest absolute Gasteiger partial charge is 0.236 e. The summed E-state index contributed by atoms with van der Waals surface area (Å²) in [4.78, 5) is 16.3. The molecule has 2 atom stereocenters. The number of rotatable bonds is 4. The lowest BCUT2D eigenvalue weighted by molar-refractivity contribution is -0.132. The topological polar surface area (TPSA) is 23.6 Å². The fraction of sp³-hybridized carbons (Fsp3) is 0.588. The largest absolute Gasteiger partial charge is 0.340 e. The van der Waals surface area contributed by atoms with Crippen LogP contribution in [0.1, 0.15) is 25.8 Å². The summed E-state index contributed by atoms with van der Waals surface area (Å²) in [5.41, 5.74) is 0.952. The first kappa shape index (κ1) is 16.0. The van der Waals surface area contributed by atoms with Crippen LogP contribution in [-0.4, -0.2) is 42.4 Å². The molecule has 1 amide bonds. The van der Waals surface area contributed by atoms with Crippen molar-refractivity contribution in [1.29, 1.82) is 0 Å². The minimum Gasteiger partial charge on any atom is -0.340 e.